The van der Waals surface area contributed by atoms with Crippen LogP contribution in [0.3, 0.4) is 0 Å². The van der Waals surface area contributed by atoms with Crippen LogP contribution in [0.15, 0.2) is 18.2 Å². The van der Waals surface area contributed by atoms with Crippen molar-refractivity contribution in [1.82, 2.24) is 5.32 Å². The van der Waals surface area contributed by atoms with Crippen molar-refractivity contribution in [2.45, 2.75) is 46.1 Å². The highest BCUT2D eigenvalue weighted by molar-refractivity contribution is 5.95. The van der Waals surface area contributed by atoms with Gasteiger partial charge < -0.3 is 10.6 Å². The van der Waals surface area contributed by atoms with Gasteiger partial charge in [0.15, 0.2) is 0 Å². The summed E-state index contributed by atoms with van der Waals surface area (Å²) in [5, 5.41) is 6.31. The molecule has 1 saturated carbocycles. The second-order valence-corrected chi connectivity index (χ2v) is 6.19. The van der Waals surface area contributed by atoms with Crippen molar-refractivity contribution in [2.24, 2.45) is 5.41 Å². The minimum Gasteiger partial charge on any atom is -0.382 e. The summed E-state index contributed by atoms with van der Waals surface area (Å²) in [4.78, 5) is 11.7. The SMILES string of the molecule is CNC(=O)c1ccc(C)c(NC2CCCC2(C)C)c1. The first-order valence-electron chi connectivity index (χ1n) is 7.03. The number of amides is 1. The smallest absolute Gasteiger partial charge is 0.251 e. The van der Waals surface area contributed by atoms with Crippen LogP contribution in [0.2, 0.25) is 0 Å². The van der Waals surface area contributed by atoms with Crippen molar-refractivity contribution in [2.75, 3.05) is 12.4 Å². The molecular formula is C16H24N2O. The van der Waals surface area contributed by atoms with Crippen LogP contribution in [0.5, 0.6) is 0 Å². The summed E-state index contributed by atoms with van der Waals surface area (Å²) in [5.74, 6) is -0.0336. The van der Waals surface area contributed by atoms with Gasteiger partial charge in [-0.3, -0.25) is 4.79 Å². The second-order valence-electron chi connectivity index (χ2n) is 6.19. The number of carbonyl (C=O) groups excluding carboxylic acids is 1. The minimum atomic E-state index is -0.0336. The van der Waals surface area contributed by atoms with E-state index in [1.807, 2.05) is 18.2 Å². The summed E-state index contributed by atoms with van der Waals surface area (Å²) in [6, 6.07) is 6.34. The number of hydrogen-bond acceptors (Lipinski definition) is 2. The summed E-state index contributed by atoms with van der Waals surface area (Å²) >= 11 is 0. The first-order valence-corrected chi connectivity index (χ1v) is 7.03. The van der Waals surface area contributed by atoms with Gasteiger partial charge in [-0.25, -0.2) is 0 Å². The van der Waals surface area contributed by atoms with E-state index in [0.29, 0.717) is 17.0 Å². The molecule has 1 aromatic rings. The van der Waals surface area contributed by atoms with Crippen molar-refractivity contribution >= 4 is 11.6 Å². The highest BCUT2D eigenvalue weighted by Crippen LogP contribution is 2.39. The number of aryl methyl sites for hydroxylation is 1. The Morgan fingerprint density at radius 3 is 2.68 bits per heavy atom. The van der Waals surface area contributed by atoms with Crippen LogP contribution in [-0.4, -0.2) is 19.0 Å². The van der Waals surface area contributed by atoms with Crippen molar-refractivity contribution in [3.8, 4) is 0 Å². The standard InChI is InChI=1S/C16H24N2O/c1-11-7-8-12(15(19)17-4)10-13(11)18-14-6-5-9-16(14,2)3/h7-8,10,14,18H,5-6,9H2,1-4H3,(H,17,19). The molecule has 0 saturated heterocycles. The van der Waals surface area contributed by atoms with Gasteiger partial charge in [-0.05, 0) is 42.9 Å². The molecule has 1 fully saturated rings. The van der Waals surface area contributed by atoms with Gasteiger partial charge in [0.05, 0.1) is 0 Å². The molecule has 1 atom stereocenters. The maximum Gasteiger partial charge on any atom is 0.251 e. The van der Waals surface area contributed by atoms with E-state index in [2.05, 4.69) is 31.4 Å². The number of anilines is 1. The third-order valence-corrected chi connectivity index (χ3v) is 4.31. The predicted molar refractivity (Wildman–Crippen MR) is 79.6 cm³/mol. The largest absolute Gasteiger partial charge is 0.382 e. The van der Waals surface area contributed by atoms with Gasteiger partial charge in [-0.1, -0.05) is 26.3 Å². The van der Waals surface area contributed by atoms with E-state index >= 15 is 0 Å². The average molecular weight is 260 g/mol. The first kappa shape index (κ1) is 13.9. The quantitative estimate of drug-likeness (QED) is 0.875. The highest BCUT2D eigenvalue weighted by Gasteiger charge is 2.34. The second kappa shape index (κ2) is 5.24. The third kappa shape index (κ3) is 2.91. The molecule has 3 nitrogen and oxygen atoms in total. The molecule has 0 bridgehead atoms. The molecule has 1 aliphatic carbocycles. The Morgan fingerprint density at radius 1 is 1.37 bits per heavy atom. The van der Waals surface area contributed by atoms with Gasteiger partial charge in [0.1, 0.15) is 0 Å². The molecule has 0 spiro atoms. The topological polar surface area (TPSA) is 41.1 Å². The van der Waals surface area contributed by atoms with E-state index < -0.39 is 0 Å². The molecule has 104 valence electrons. The van der Waals surface area contributed by atoms with E-state index in [4.69, 9.17) is 0 Å². The Kier molecular flexibility index (Phi) is 3.83. The molecule has 1 aliphatic rings. The Morgan fingerprint density at radius 2 is 2.11 bits per heavy atom. The van der Waals surface area contributed by atoms with Crippen molar-refractivity contribution in [1.29, 1.82) is 0 Å². The molecule has 2 N–H and O–H groups in total. The van der Waals surface area contributed by atoms with E-state index in [-0.39, 0.29) is 5.91 Å². The van der Waals surface area contributed by atoms with Gasteiger partial charge in [-0.15, -0.1) is 0 Å². The van der Waals surface area contributed by atoms with Crippen molar-refractivity contribution in [3.63, 3.8) is 0 Å². The number of hydrogen-bond donors (Lipinski definition) is 2. The van der Waals surface area contributed by atoms with Gasteiger partial charge in [0.25, 0.3) is 5.91 Å². The predicted octanol–water partition coefficient (Wildman–Crippen LogP) is 3.35. The highest BCUT2D eigenvalue weighted by atomic mass is 16.1. The maximum atomic E-state index is 11.7. The van der Waals surface area contributed by atoms with E-state index in [1.165, 1.54) is 24.8 Å². The Hall–Kier alpha value is -1.51. The normalized spacial score (nSPS) is 21.2. The monoisotopic (exact) mass is 260 g/mol. The van der Waals surface area contributed by atoms with Gasteiger partial charge >= 0.3 is 0 Å². The number of benzene rings is 1. The lowest BCUT2D eigenvalue weighted by molar-refractivity contribution is 0.0963. The summed E-state index contributed by atoms with van der Waals surface area (Å²) in [7, 11) is 1.66. The molecule has 0 aromatic heterocycles. The van der Waals surface area contributed by atoms with Crippen LogP contribution in [0.1, 0.15) is 49.0 Å². The van der Waals surface area contributed by atoms with Gasteiger partial charge in [-0.2, -0.15) is 0 Å². The number of rotatable bonds is 3. The Labute approximate surface area is 115 Å². The van der Waals surface area contributed by atoms with E-state index in [0.717, 1.165) is 5.69 Å². The fraction of sp³-hybridized carbons (Fsp3) is 0.562. The molecule has 0 heterocycles. The van der Waals surface area contributed by atoms with Gasteiger partial charge in [0.2, 0.25) is 0 Å². The lowest BCUT2D eigenvalue weighted by atomic mass is 9.87. The molecule has 0 aliphatic heterocycles. The third-order valence-electron chi connectivity index (χ3n) is 4.31. The van der Waals surface area contributed by atoms with E-state index in [9.17, 15) is 4.79 Å². The Balaban J connectivity index is 2.22. The summed E-state index contributed by atoms with van der Waals surface area (Å²) < 4.78 is 0. The Bertz CT molecular complexity index is 480. The molecule has 1 unspecified atom stereocenters. The van der Waals surface area contributed by atoms with Crippen LogP contribution >= 0.6 is 0 Å². The number of carbonyl (C=O) groups is 1. The van der Waals surface area contributed by atoms with Gasteiger partial charge in [0, 0.05) is 24.3 Å². The van der Waals surface area contributed by atoms with E-state index in [1.54, 1.807) is 7.05 Å². The molecule has 3 heteroatoms. The number of nitrogens with one attached hydrogen (secondary N) is 2. The molecule has 1 aromatic carbocycles. The van der Waals surface area contributed by atoms with Crippen molar-refractivity contribution in [3.05, 3.63) is 29.3 Å². The zero-order valence-corrected chi connectivity index (χ0v) is 12.3. The van der Waals surface area contributed by atoms with Crippen molar-refractivity contribution < 1.29 is 4.79 Å². The fourth-order valence-corrected chi connectivity index (χ4v) is 2.85. The zero-order valence-electron chi connectivity index (χ0n) is 12.3. The lowest BCUT2D eigenvalue weighted by Crippen LogP contribution is -2.31. The molecule has 0 radical (unpaired) electrons. The van der Waals surface area contributed by atoms with Crippen LogP contribution in [-0.2, 0) is 0 Å². The van der Waals surface area contributed by atoms with Crippen LogP contribution in [0.4, 0.5) is 5.69 Å². The zero-order chi connectivity index (χ0) is 14.0. The fourth-order valence-electron chi connectivity index (χ4n) is 2.85. The summed E-state index contributed by atoms with van der Waals surface area (Å²) in [6.45, 7) is 6.71. The first-order chi connectivity index (χ1) is 8.94. The minimum absolute atomic E-state index is 0.0336. The maximum absolute atomic E-state index is 11.7. The molecule has 19 heavy (non-hydrogen) atoms. The van der Waals surface area contributed by atoms with Crippen LogP contribution in [0, 0.1) is 12.3 Å². The van der Waals surface area contributed by atoms with Crippen LogP contribution in [0.25, 0.3) is 0 Å². The summed E-state index contributed by atoms with van der Waals surface area (Å²) in [6.07, 6.45) is 3.74. The molecular weight excluding hydrogens is 236 g/mol. The van der Waals surface area contributed by atoms with Crippen LogP contribution < -0.4 is 10.6 Å². The average Bonchev–Trinajstić information content (AvgIpc) is 2.70. The molecule has 2 rings (SSSR count). The summed E-state index contributed by atoms with van der Waals surface area (Å²) in [5.41, 5.74) is 3.32. The lowest BCUT2D eigenvalue weighted by Gasteiger charge is -2.29. The molecule has 1 amide bonds.